The Hall–Kier alpha value is -1.67. The Morgan fingerprint density at radius 1 is 1.15 bits per heavy atom. The molecule has 0 N–H and O–H groups in total. The predicted molar refractivity (Wildman–Crippen MR) is 89.0 cm³/mol. The molecule has 1 aliphatic carbocycles. The Morgan fingerprint density at radius 2 is 1.81 bits per heavy atom. The summed E-state index contributed by atoms with van der Waals surface area (Å²) in [6.45, 7) is 0.397. The number of aliphatic carboxylic acids is 1. The number of carboxylic acid groups (broad SMARTS) is 1. The molecule has 0 unspecified atom stereocenters. The molecule has 0 radical (unpaired) electrons. The van der Waals surface area contributed by atoms with Crippen molar-refractivity contribution in [2.45, 2.75) is 18.8 Å². The van der Waals surface area contributed by atoms with Crippen LogP contribution in [-0.2, 0) is 11.2 Å². The van der Waals surface area contributed by atoms with Gasteiger partial charge in [0.15, 0.2) is 0 Å². The fraction of sp³-hybridized carbons (Fsp3) is 0.350. The van der Waals surface area contributed by atoms with E-state index in [4.69, 9.17) is 0 Å². The molecule has 0 bridgehead atoms. The second-order valence-corrected chi connectivity index (χ2v) is 6.74. The predicted octanol–water partition coefficient (Wildman–Crippen LogP) is -0.655. The van der Waals surface area contributed by atoms with Gasteiger partial charge in [0.25, 0.3) is 0 Å². The van der Waals surface area contributed by atoms with Gasteiger partial charge in [0.05, 0.1) is 5.97 Å². The molecule has 0 saturated heterocycles. The summed E-state index contributed by atoms with van der Waals surface area (Å²) in [4.78, 5) is 12.5. The van der Waals surface area contributed by atoms with Gasteiger partial charge >= 0.3 is 18.9 Å². The number of nitrogens with zero attached hydrogens (tertiary/aromatic N) is 1. The first-order chi connectivity index (χ1) is 11.9. The van der Waals surface area contributed by atoms with Crippen LogP contribution in [0.15, 0.2) is 42.5 Å². The molecule has 0 heterocycles. The average Bonchev–Trinajstić information content (AvgIpc) is 2.55. The summed E-state index contributed by atoms with van der Waals surface area (Å²) < 4.78 is 27.2. The van der Waals surface area contributed by atoms with Gasteiger partial charge in [0.2, 0.25) is 0 Å². The SMILES string of the molecule is CN(CC(=O)[O-])C[C@H]1CCc2ccc(F)cc2[C@H]1c1ccc(F)cc1.[Li+]. The first-order valence-corrected chi connectivity index (χ1v) is 8.36. The number of hydrogen-bond acceptors (Lipinski definition) is 3. The molecule has 0 aromatic heterocycles. The maximum absolute atomic E-state index is 13.9. The fourth-order valence-electron chi connectivity index (χ4n) is 3.85. The van der Waals surface area contributed by atoms with Gasteiger partial charge in [-0.1, -0.05) is 18.2 Å². The summed E-state index contributed by atoms with van der Waals surface area (Å²) in [5, 5.41) is 10.8. The largest absolute Gasteiger partial charge is 1.00 e. The van der Waals surface area contributed by atoms with Gasteiger partial charge in [-0.25, -0.2) is 8.78 Å². The number of benzene rings is 2. The zero-order chi connectivity index (χ0) is 18.0. The van der Waals surface area contributed by atoms with E-state index in [-0.39, 0.29) is 48.9 Å². The molecule has 2 atom stereocenters. The Bertz CT molecular complexity index is 767. The summed E-state index contributed by atoms with van der Waals surface area (Å²) in [6.07, 6.45) is 1.68. The van der Waals surface area contributed by atoms with E-state index in [9.17, 15) is 18.7 Å². The van der Waals surface area contributed by atoms with E-state index in [2.05, 4.69) is 0 Å². The zero-order valence-electron chi connectivity index (χ0n) is 15.0. The van der Waals surface area contributed by atoms with E-state index in [1.54, 1.807) is 30.1 Å². The Labute approximate surface area is 164 Å². The fourth-order valence-corrected chi connectivity index (χ4v) is 3.85. The number of carbonyl (C=O) groups is 1. The third-order valence-electron chi connectivity index (χ3n) is 4.87. The van der Waals surface area contributed by atoms with Crippen molar-refractivity contribution in [3.05, 3.63) is 70.8 Å². The molecule has 0 aliphatic heterocycles. The molecule has 132 valence electrons. The maximum atomic E-state index is 13.9. The Morgan fingerprint density at radius 3 is 2.46 bits per heavy atom. The molecular weight excluding hydrogens is 331 g/mol. The summed E-state index contributed by atoms with van der Waals surface area (Å²) in [5.41, 5.74) is 2.92. The van der Waals surface area contributed by atoms with Crippen molar-refractivity contribution in [3.8, 4) is 0 Å². The second-order valence-electron chi connectivity index (χ2n) is 6.74. The summed E-state index contributed by atoms with van der Waals surface area (Å²) in [5.74, 6) is -1.71. The minimum absolute atomic E-state index is 0. The number of carboxylic acids is 1. The molecule has 0 amide bonds. The zero-order valence-corrected chi connectivity index (χ0v) is 15.0. The summed E-state index contributed by atoms with van der Waals surface area (Å²) >= 11 is 0. The van der Waals surface area contributed by atoms with Crippen LogP contribution in [0, 0.1) is 17.6 Å². The molecule has 6 heteroatoms. The molecule has 0 saturated carbocycles. The number of aryl methyl sites for hydroxylation is 1. The standard InChI is InChI=1S/C20H21F2NO2.Li/c1-23(12-19(24)25)11-15-3-2-13-4-9-17(22)10-18(13)20(15)14-5-7-16(21)8-6-14;/h4-10,15,20H,2-3,11-12H2,1H3,(H,24,25);/q;+1/p-1/t15-,20+;/m1./s1. The molecule has 3 nitrogen and oxygen atoms in total. The first-order valence-electron chi connectivity index (χ1n) is 8.36. The number of fused-ring (bicyclic) bond motifs is 1. The van der Waals surface area contributed by atoms with Crippen molar-refractivity contribution in [3.63, 3.8) is 0 Å². The Balaban J connectivity index is 0.00000243. The van der Waals surface area contributed by atoms with E-state index >= 15 is 0 Å². The van der Waals surface area contributed by atoms with Crippen LogP contribution in [0.3, 0.4) is 0 Å². The van der Waals surface area contributed by atoms with Gasteiger partial charge in [-0.2, -0.15) is 0 Å². The van der Waals surface area contributed by atoms with Crippen molar-refractivity contribution in [1.82, 2.24) is 4.90 Å². The van der Waals surface area contributed by atoms with Crippen LogP contribution in [0.4, 0.5) is 8.78 Å². The average molecular weight is 351 g/mol. The van der Waals surface area contributed by atoms with Gasteiger partial charge in [-0.3, -0.25) is 0 Å². The molecule has 1 aliphatic rings. The van der Waals surface area contributed by atoms with Crippen LogP contribution in [0.5, 0.6) is 0 Å². The van der Waals surface area contributed by atoms with Crippen molar-refractivity contribution in [2.24, 2.45) is 5.92 Å². The minimum Gasteiger partial charge on any atom is -0.549 e. The maximum Gasteiger partial charge on any atom is 1.00 e. The minimum atomic E-state index is -1.12. The van der Waals surface area contributed by atoms with Gasteiger partial charge in [0, 0.05) is 19.0 Å². The normalized spacial score (nSPS) is 18.9. The molecular formula is C20H20F2LiNO2. The van der Waals surface area contributed by atoms with E-state index in [0.29, 0.717) is 6.54 Å². The topological polar surface area (TPSA) is 43.4 Å². The molecule has 0 fully saturated rings. The number of rotatable bonds is 5. The molecule has 0 spiro atoms. The number of likely N-dealkylation sites (N-methyl/N-ethyl adjacent to an activating group) is 1. The van der Waals surface area contributed by atoms with Gasteiger partial charge in [0.1, 0.15) is 11.6 Å². The summed E-state index contributed by atoms with van der Waals surface area (Å²) in [7, 11) is 1.73. The van der Waals surface area contributed by atoms with E-state index in [0.717, 1.165) is 29.5 Å². The summed E-state index contributed by atoms with van der Waals surface area (Å²) in [6, 6.07) is 11.1. The van der Waals surface area contributed by atoms with Crippen LogP contribution in [0.1, 0.15) is 29.0 Å². The van der Waals surface area contributed by atoms with Gasteiger partial charge in [-0.05, 0) is 66.8 Å². The monoisotopic (exact) mass is 351 g/mol. The van der Waals surface area contributed by atoms with E-state index < -0.39 is 5.97 Å². The molecule has 3 rings (SSSR count). The number of halogens is 2. The smallest absolute Gasteiger partial charge is 0.549 e. The number of hydrogen-bond donors (Lipinski definition) is 0. The van der Waals surface area contributed by atoms with Crippen LogP contribution in [0.2, 0.25) is 0 Å². The third kappa shape index (κ3) is 4.73. The second kappa shape index (κ2) is 8.81. The van der Waals surface area contributed by atoms with Crippen molar-refractivity contribution >= 4 is 5.97 Å². The van der Waals surface area contributed by atoms with Gasteiger partial charge < -0.3 is 14.8 Å². The van der Waals surface area contributed by atoms with Gasteiger partial charge in [-0.15, -0.1) is 0 Å². The number of carbonyl (C=O) groups excluding carboxylic acids is 1. The van der Waals surface area contributed by atoms with Crippen LogP contribution >= 0.6 is 0 Å². The van der Waals surface area contributed by atoms with Crippen LogP contribution in [0.25, 0.3) is 0 Å². The van der Waals surface area contributed by atoms with E-state index in [1.807, 2.05) is 6.07 Å². The van der Waals surface area contributed by atoms with Crippen LogP contribution in [-0.4, -0.2) is 31.0 Å². The molecule has 2 aromatic carbocycles. The first kappa shape index (κ1) is 20.6. The quantitative estimate of drug-likeness (QED) is 0.672. The van der Waals surface area contributed by atoms with Crippen LogP contribution < -0.4 is 24.0 Å². The van der Waals surface area contributed by atoms with E-state index in [1.165, 1.54) is 18.2 Å². The third-order valence-corrected chi connectivity index (χ3v) is 4.87. The molecule has 26 heavy (non-hydrogen) atoms. The van der Waals surface area contributed by atoms with Crippen molar-refractivity contribution in [2.75, 3.05) is 20.1 Å². The molecule has 2 aromatic rings. The van der Waals surface area contributed by atoms with Crippen molar-refractivity contribution < 1.29 is 37.5 Å². The van der Waals surface area contributed by atoms with Crippen molar-refractivity contribution in [1.29, 1.82) is 0 Å². The Kier molecular flexibility index (Phi) is 6.99.